The molecule has 6 nitrogen and oxygen atoms in total. The Hall–Kier alpha value is -4.32. The van der Waals surface area contributed by atoms with E-state index in [9.17, 15) is 31.1 Å². The molecule has 0 unspecified atom stereocenters. The lowest BCUT2D eigenvalue weighted by molar-refractivity contribution is -0.274. The molecule has 1 atom stereocenters. The third-order valence-corrected chi connectivity index (χ3v) is 8.52. The summed E-state index contributed by atoms with van der Waals surface area (Å²) in [6.45, 7) is 3.66. The van der Waals surface area contributed by atoms with Gasteiger partial charge in [0.2, 0.25) is 0 Å². The molecule has 6 rings (SSSR count). The van der Waals surface area contributed by atoms with Crippen molar-refractivity contribution in [2.24, 2.45) is 0 Å². The number of pyridine rings is 1. The lowest BCUT2D eigenvalue weighted by Gasteiger charge is -2.29. The van der Waals surface area contributed by atoms with E-state index < -0.39 is 18.1 Å². The number of amides is 1. The van der Waals surface area contributed by atoms with Crippen molar-refractivity contribution in [3.05, 3.63) is 89.5 Å². The van der Waals surface area contributed by atoms with Gasteiger partial charge in [-0.3, -0.25) is 4.79 Å². The second-order valence-corrected chi connectivity index (χ2v) is 11.7. The van der Waals surface area contributed by atoms with E-state index in [0.717, 1.165) is 57.5 Å². The van der Waals surface area contributed by atoms with Crippen LogP contribution >= 0.6 is 0 Å². The molecule has 1 N–H and O–H groups in total. The predicted molar refractivity (Wildman–Crippen MR) is 162 cm³/mol. The van der Waals surface area contributed by atoms with E-state index in [1.807, 2.05) is 4.90 Å². The van der Waals surface area contributed by atoms with Gasteiger partial charge in [0, 0.05) is 31.1 Å². The number of halogens is 6. The first kappa shape index (κ1) is 31.7. The maximum atomic E-state index is 14.3. The smallest absolute Gasteiger partial charge is 0.406 e. The highest BCUT2D eigenvalue weighted by molar-refractivity contribution is 6.08. The maximum absolute atomic E-state index is 14.3. The number of ether oxygens (including phenoxy) is 1. The maximum Gasteiger partial charge on any atom is 0.573 e. The summed E-state index contributed by atoms with van der Waals surface area (Å²) in [6, 6.07) is 17.4. The van der Waals surface area contributed by atoms with Crippen molar-refractivity contribution in [1.29, 1.82) is 0 Å². The minimum atomic E-state index is -4.80. The van der Waals surface area contributed by atoms with Gasteiger partial charge >= 0.3 is 12.5 Å². The molecule has 3 heterocycles. The standard InChI is InChI=1S/C34H32F6N4O2/c35-33(36,37)25-10-5-22(6-11-25)20-41-31-19-29(32(45)44-17-3-4-26(44)21-43-15-1-2-16-43)28-18-24(9-14-30(28)42-31)23-7-12-27(13-8-23)46-34(38,39)40/h5-14,18-19,26H,1-4,15-17,20-21H2,(H,41,42)/t26-/m0/s1. The van der Waals surface area contributed by atoms with Crippen molar-refractivity contribution in [3.8, 4) is 16.9 Å². The monoisotopic (exact) mass is 642 g/mol. The van der Waals surface area contributed by atoms with E-state index >= 15 is 0 Å². The summed E-state index contributed by atoms with van der Waals surface area (Å²) in [4.78, 5) is 23.3. The van der Waals surface area contributed by atoms with Gasteiger partial charge in [-0.05, 0) is 97.9 Å². The second-order valence-electron chi connectivity index (χ2n) is 11.7. The van der Waals surface area contributed by atoms with Gasteiger partial charge in [-0.2, -0.15) is 13.2 Å². The van der Waals surface area contributed by atoms with Crippen LogP contribution < -0.4 is 10.1 Å². The van der Waals surface area contributed by atoms with Crippen LogP contribution in [0.2, 0.25) is 0 Å². The molecule has 4 aromatic rings. The van der Waals surface area contributed by atoms with Gasteiger partial charge < -0.3 is 19.9 Å². The minimum Gasteiger partial charge on any atom is -0.406 e. The Balaban J connectivity index is 1.32. The number of hydrogen-bond acceptors (Lipinski definition) is 5. The normalized spacial score (nSPS) is 17.5. The molecule has 242 valence electrons. The van der Waals surface area contributed by atoms with Crippen LogP contribution in [0, 0.1) is 0 Å². The van der Waals surface area contributed by atoms with E-state index in [2.05, 4.69) is 15.0 Å². The van der Waals surface area contributed by atoms with E-state index in [0.29, 0.717) is 45.5 Å². The highest BCUT2D eigenvalue weighted by Crippen LogP contribution is 2.33. The Bertz CT molecular complexity index is 1680. The lowest BCUT2D eigenvalue weighted by atomic mass is 9.99. The van der Waals surface area contributed by atoms with Crippen molar-refractivity contribution in [2.45, 2.75) is 50.8 Å². The van der Waals surface area contributed by atoms with Gasteiger partial charge in [0.25, 0.3) is 5.91 Å². The number of alkyl halides is 6. The molecule has 2 fully saturated rings. The first-order valence-electron chi connectivity index (χ1n) is 15.2. The highest BCUT2D eigenvalue weighted by Gasteiger charge is 2.33. The van der Waals surface area contributed by atoms with Gasteiger partial charge in [0.15, 0.2) is 0 Å². The minimum absolute atomic E-state index is 0.0710. The lowest BCUT2D eigenvalue weighted by Crippen LogP contribution is -2.42. The fraction of sp³-hybridized carbons (Fsp3) is 0.353. The van der Waals surface area contributed by atoms with Crippen molar-refractivity contribution in [2.75, 3.05) is 31.5 Å². The molecule has 1 aromatic heterocycles. The van der Waals surface area contributed by atoms with Crippen molar-refractivity contribution in [1.82, 2.24) is 14.8 Å². The molecule has 2 aliphatic heterocycles. The molecule has 12 heteroatoms. The summed E-state index contributed by atoms with van der Waals surface area (Å²) in [7, 11) is 0. The molecule has 46 heavy (non-hydrogen) atoms. The molecule has 0 aliphatic carbocycles. The van der Waals surface area contributed by atoms with E-state index in [4.69, 9.17) is 4.98 Å². The van der Waals surface area contributed by atoms with Crippen LogP contribution in [-0.2, 0) is 12.7 Å². The number of anilines is 1. The number of carbonyl (C=O) groups excluding carboxylic acids is 1. The van der Waals surface area contributed by atoms with Crippen LogP contribution in [0.4, 0.5) is 32.2 Å². The summed E-state index contributed by atoms with van der Waals surface area (Å²) >= 11 is 0. The highest BCUT2D eigenvalue weighted by atomic mass is 19.4. The fourth-order valence-corrected chi connectivity index (χ4v) is 6.24. The number of nitrogens with zero attached hydrogens (tertiary/aromatic N) is 3. The van der Waals surface area contributed by atoms with Crippen LogP contribution in [0.5, 0.6) is 5.75 Å². The zero-order valence-electron chi connectivity index (χ0n) is 24.8. The zero-order chi connectivity index (χ0) is 32.5. The molecule has 0 spiro atoms. The molecule has 1 amide bonds. The van der Waals surface area contributed by atoms with Gasteiger partial charge in [-0.15, -0.1) is 13.2 Å². The molecular formula is C34H32F6N4O2. The predicted octanol–water partition coefficient (Wildman–Crippen LogP) is 8.13. The van der Waals surface area contributed by atoms with Crippen LogP contribution in [0.1, 0.15) is 47.2 Å². The number of hydrogen-bond donors (Lipinski definition) is 1. The van der Waals surface area contributed by atoms with Gasteiger partial charge in [0.1, 0.15) is 11.6 Å². The SMILES string of the molecule is O=C(c1cc(NCc2ccc(C(F)(F)F)cc2)nc2ccc(-c3ccc(OC(F)(F)F)cc3)cc12)N1CCC[C@H]1CN1CCCC1. The van der Waals surface area contributed by atoms with E-state index in [-0.39, 0.29) is 24.2 Å². The number of carbonyl (C=O) groups is 1. The molecular weight excluding hydrogens is 610 g/mol. The van der Waals surface area contributed by atoms with E-state index in [1.165, 1.54) is 36.4 Å². The third-order valence-electron chi connectivity index (χ3n) is 8.52. The Morgan fingerprint density at radius 2 is 1.54 bits per heavy atom. The molecule has 2 aliphatic rings. The molecule has 2 saturated heterocycles. The zero-order valence-corrected chi connectivity index (χ0v) is 24.8. The quantitative estimate of drug-likeness (QED) is 0.197. The second kappa shape index (κ2) is 12.8. The first-order valence-corrected chi connectivity index (χ1v) is 15.2. The average molecular weight is 643 g/mol. The Morgan fingerprint density at radius 3 is 2.22 bits per heavy atom. The molecule has 0 bridgehead atoms. The summed E-state index contributed by atoms with van der Waals surface area (Å²) in [5.74, 6) is -0.0818. The van der Waals surface area contributed by atoms with Gasteiger partial charge in [-0.25, -0.2) is 4.98 Å². The number of benzene rings is 3. The van der Waals surface area contributed by atoms with Crippen molar-refractivity contribution >= 4 is 22.6 Å². The Kier molecular flexibility index (Phi) is 8.82. The number of fused-ring (bicyclic) bond motifs is 1. The summed E-state index contributed by atoms with van der Waals surface area (Å²) in [6.07, 6.45) is -5.13. The summed E-state index contributed by atoms with van der Waals surface area (Å²) < 4.78 is 81.0. The molecule has 3 aromatic carbocycles. The van der Waals surface area contributed by atoms with Gasteiger partial charge in [0.05, 0.1) is 16.6 Å². The molecule has 0 saturated carbocycles. The fourth-order valence-electron chi connectivity index (χ4n) is 6.24. The molecule has 0 radical (unpaired) electrons. The van der Waals surface area contributed by atoms with Gasteiger partial charge in [-0.1, -0.05) is 30.3 Å². The van der Waals surface area contributed by atoms with Crippen LogP contribution in [0.3, 0.4) is 0 Å². The average Bonchev–Trinajstić information content (AvgIpc) is 3.71. The number of nitrogens with one attached hydrogen (secondary N) is 1. The topological polar surface area (TPSA) is 57.7 Å². The number of rotatable bonds is 8. The summed E-state index contributed by atoms with van der Waals surface area (Å²) in [5.41, 5.74) is 2.14. The Labute approximate surface area is 262 Å². The number of aromatic nitrogens is 1. The number of likely N-dealkylation sites (tertiary alicyclic amines) is 2. The largest absolute Gasteiger partial charge is 0.573 e. The van der Waals surface area contributed by atoms with Crippen molar-refractivity contribution in [3.63, 3.8) is 0 Å². The first-order chi connectivity index (χ1) is 21.9. The Morgan fingerprint density at radius 1 is 0.848 bits per heavy atom. The van der Waals surface area contributed by atoms with Crippen LogP contribution in [0.15, 0.2) is 72.8 Å². The van der Waals surface area contributed by atoms with Crippen LogP contribution in [0.25, 0.3) is 22.0 Å². The van der Waals surface area contributed by atoms with Crippen LogP contribution in [-0.4, -0.2) is 59.3 Å². The van der Waals surface area contributed by atoms with E-state index in [1.54, 1.807) is 24.3 Å². The summed E-state index contributed by atoms with van der Waals surface area (Å²) in [5, 5.41) is 3.75. The van der Waals surface area contributed by atoms with Crippen molar-refractivity contribution < 1.29 is 35.9 Å². The third kappa shape index (κ3) is 7.38.